The molecule has 0 spiro atoms. The van der Waals surface area contributed by atoms with Crippen molar-refractivity contribution in [3.8, 4) is 11.5 Å². The van der Waals surface area contributed by atoms with Crippen LogP contribution >= 0.6 is 0 Å². The number of carbonyl (C=O) groups is 1. The minimum absolute atomic E-state index is 0.0829. The van der Waals surface area contributed by atoms with Crippen molar-refractivity contribution in [3.05, 3.63) is 65.2 Å². The normalized spacial score (nSPS) is 16.2. The van der Waals surface area contributed by atoms with E-state index in [9.17, 15) is 4.79 Å². The molecular weight excluding hydrogens is 326 g/mol. The summed E-state index contributed by atoms with van der Waals surface area (Å²) in [5.41, 5.74) is 3.47. The number of hydrogen-bond acceptors (Lipinski definition) is 3. The Hall–Kier alpha value is -2.75. The average Bonchev–Trinajstić information content (AvgIpc) is 2.67. The van der Waals surface area contributed by atoms with Crippen molar-refractivity contribution in [2.24, 2.45) is 0 Å². The summed E-state index contributed by atoms with van der Waals surface area (Å²) in [6.45, 7) is 2.49. The van der Waals surface area contributed by atoms with Gasteiger partial charge in [-0.1, -0.05) is 30.3 Å². The van der Waals surface area contributed by atoms with Gasteiger partial charge in [0.1, 0.15) is 0 Å². The van der Waals surface area contributed by atoms with Crippen LogP contribution in [-0.4, -0.2) is 19.6 Å². The van der Waals surface area contributed by atoms with Crippen LogP contribution in [0.4, 0.5) is 0 Å². The number of nitrogens with one attached hydrogen (secondary N) is 1. The molecule has 1 aliphatic carbocycles. The highest BCUT2D eigenvalue weighted by Gasteiger charge is 2.20. The molecule has 0 aliphatic heterocycles. The molecule has 2 aromatic carbocycles. The number of fused-ring (bicyclic) bond motifs is 1. The van der Waals surface area contributed by atoms with E-state index in [1.807, 2.05) is 31.2 Å². The van der Waals surface area contributed by atoms with Crippen molar-refractivity contribution in [3.63, 3.8) is 0 Å². The number of aryl methyl sites for hydroxylation is 1. The molecule has 0 bridgehead atoms. The molecule has 1 atom stereocenters. The Morgan fingerprint density at radius 2 is 2.08 bits per heavy atom. The Kier molecular flexibility index (Phi) is 5.95. The van der Waals surface area contributed by atoms with E-state index < -0.39 is 0 Å². The highest BCUT2D eigenvalue weighted by atomic mass is 16.5. The molecule has 1 aliphatic rings. The molecule has 0 saturated heterocycles. The average molecular weight is 351 g/mol. The van der Waals surface area contributed by atoms with Crippen molar-refractivity contribution in [1.82, 2.24) is 5.32 Å². The smallest absolute Gasteiger partial charge is 0.244 e. The van der Waals surface area contributed by atoms with Gasteiger partial charge >= 0.3 is 0 Å². The zero-order valence-corrected chi connectivity index (χ0v) is 15.3. The van der Waals surface area contributed by atoms with Gasteiger partial charge in [0.15, 0.2) is 11.5 Å². The number of carbonyl (C=O) groups excluding carboxylic acids is 1. The van der Waals surface area contributed by atoms with Gasteiger partial charge in [0, 0.05) is 6.08 Å². The molecule has 0 heterocycles. The molecule has 4 nitrogen and oxygen atoms in total. The lowest BCUT2D eigenvalue weighted by atomic mass is 9.88. The Morgan fingerprint density at radius 3 is 2.88 bits per heavy atom. The van der Waals surface area contributed by atoms with Gasteiger partial charge < -0.3 is 14.8 Å². The van der Waals surface area contributed by atoms with Crippen LogP contribution in [0.2, 0.25) is 0 Å². The second kappa shape index (κ2) is 8.56. The summed E-state index contributed by atoms with van der Waals surface area (Å²) in [5, 5.41) is 3.13. The monoisotopic (exact) mass is 351 g/mol. The third-order valence-corrected chi connectivity index (χ3v) is 4.60. The Morgan fingerprint density at radius 1 is 1.23 bits per heavy atom. The van der Waals surface area contributed by atoms with Gasteiger partial charge in [-0.15, -0.1) is 0 Å². The second-order valence-electron chi connectivity index (χ2n) is 6.33. The summed E-state index contributed by atoms with van der Waals surface area (Å²) < 4.78 is 10.9. The van der Waals surface area contributed by atoms with E-state index in [1.54, 1.807) is 19.3 Å². The van der Waals surface area contributed by atoms with Crippen LogP contribution in [-0.2, 0) is 11.2 Å². The molecule has 0 saturated carbocycles. The highest BCUT2D eigenvalue weighted by molar-refractivity contribution is 5.92. The fraction of sp³-hybridized carbons (Fsp3) is 0.318. The fourth-order valence-electron chi connectivity index (χ4n) is 3.36. The van der Waals surface area contributed by atoms with E-state index in [2.05, 4.69) is 23.5 Å². The van der Waals surface area contributed by atoms with Crippen LogP contribution in [0.3, 0.4) is 0 Å². The number of hydrogen-bond donors (Lipinski definition) is 1. The van der Waals surface area contributed by atoms with Crippen molar-refractivity contribution in [2.45, 2.75) is 32.2 Å². The lowest BCUT2D eigenvalue weighted by Crippen LogP contribution is -2.29. The summed E-state index contributed by atoms with van der Waals surface area (Å²) in [5.74, 6) is 1.28. The van der Waals surface area contributed by atoms with Crippen LogP contribution in [0.15, 0.2) is 48.5 Å². The van der Waals surface area contributed by atoms with Gasteiger partial charge in [0.2, 0.25) is 5.91 Å². The maximum atomic E-state index is 12.4. The molecule has 0 fully saturated rings. The van der Waals surface area contributed by atoms with Crippen molar-refractivity contribution < 1.29 is 14.3 Å². The van der Waals surface area contributed by atoms with Gasteiger partial charge in [-0.2, -0.15) is 0 Å². The molecule has 0 radical (unpaired) electrons. The number of methoxy groups -OCH3 is 1. The third kappa shape index (κ3) is 4.26. The van der Waals surface area contributed by atoms with Crippen LogP contribution in [0.1, 0.15) is 42.5 Å². The zero-order chi connectivity index (χ0) is 18.4. The molecule has 2 aromatic rings. The first-order chi connectivity index (χ1) is 12.7. The summed E-state index contributed by atoms with van der Waals surface area (Å²) in [4.78, 5) is 12.4. The van der Waals surface area contributed by atoms with Crippen molar-refractivity contribution in [1.29, 1.82) is 0 Å². The maximum Gasteiger partial charge on any atom is 0.244 e. The molecule has 0 aromatic heterocycles. The number of ether oxygens (including phenoxy) is 2. The summed E-state index contributed by atoms with van der Waals surface area (Å²) in [6.07, 6.45) is 6.54. The third-order valence-electron chi connectivity index (χ3n) is 4.60. The van der Waals surface area contributed by atoms with Crippen LogP contribution in [0, 0.1) is 0 Å². The largest absolute Gasteiger partial charge is 0.493 e. The minimum atomic E-state index is -0.0829. The van der Waals surface area contributed by atoms with Crippen LogP contribution in [0.5, 0.6) is 11.5 Å². The SMILES string of the molecule is CCOc1cc(/C=C/C(=O)N[C@@H]2CCCc3ccccc32)ccc1OC. The Labute approximate surface area is 154 Å². The van der Waals surface area contributed by atoms with Gasteiger partial charge in [-0.05, 0) is 61.1 Å². The molecule has 26 heavy (non-hydrogen) atoms. The quantitative estimate of drug-likeness (QED) is 0.789. The number of benzene rings is 2. The molecule has 4 heteroatoms. The first kappa shape index (κ1) is 18.1. The van der Waals surface area contributed by atoms with E-state index in [-0.39, 0.29) is 11.9 Å². The van der Waals surface area contributed by atoms with Gasteiger partial charge in [0.25, 0.3) is 0 Å². The highest BCUT2D eigenvalue weighted by Crippen LogP contribution is 2.30. The molecule has 1 N–H and O–H groups in total. The first-order valence-corrected chi connectivity index (χ1v) is 9.08. The molecule has 3 rings (SSSR count). The summed E-state index contributed by atoms with van der Waals surface area (Å²) in [6, 6.07) is 14.1. The summed E-state index contributed by atoms with van der Waals surface area (Å²) in [7, 11) is 1.61. The maximum absolute atomic E-state index is 12.4. The van der Waals surface area contributed by atoms with E-state index in [0.29, 0.717) is 18.1 Å². The molecule has 136 valence electrons. The first-order valence-electron chi connectivity index (χ1n) is 9.08. The molecule has 1 amide bonds. The van der Waals surface area contributed by atoms with Gasteiger partial charge in [0.05, 0.1) is 19.8 Å². The molecule has 0 unspecified atom stereocenters. The van der Waals surface area contributed by atoms with Crippen LogP contribution < -0.4 is 14.8 Å². The predicted molar refractivity (Wildman–Crippen MR) is 103 cm³/mol. The lowest BCUT2D eigenvalue weighted by Gasteiger charge is -2.25. The van der Waals surface area contributed by atoms with E-state index in [0.717, 1.165) is 24.8 Å². The minimum Gasteiger partial charge on any atom is -0.493 e. The van der Waals surface area contributed by atoms with Crippen molar-refractivity contribution in [2.75, 3.05) is 13.7 Å². The second-order valence-corrected chi connectivity index (χ2v) is 6.33. The fourth-order valence-corrected chi connectivity index (χ4v) is 3.36. The van der Waals surface area contributed by atoms with E-state index in [4.69, 9.17) is 9.47 Å². The lowest BCUT2D eigenvalue weighted by molar-refractivity contribution is -0.117. The Bertz CT molecular complexity index is 798. The predicted octanol–water partition coefficient (Wildman–Crippen LogP) is 4.30. The summed E-state index contributed by atoms with van der Waals surface area (Å²) >= 11 is 0. The van der Waals surface area contributed by atoms with Gasteiger partial charge in [-0.3, -0.25) is 4.79 Å². The topological polar surface area (TPSA) is 47.6 Å². The number of rotatable bonds is 6. The van der Waals surface area contributed by atoms with E-state index in [1.165, 1.54) is 11.1 Å². The standard InChI is InChI=1S/C22H25NO3/c1-3-26-21-15-16(11-13-20(21)25-2)12-14-22(24)23-19-10-6-8-17-7-4-5-9-18(17)19/h4-5,7,9,11-15,19H,3,6,8,10H2,1-2H3,(H,23,24)/b14-12+/t19-/m1/s1. The van der Waals surface area contributed by atoms with Crippen molar-refractivity contribution >= 4 is 12.0 Å². The number of amides is 1. The van der Waals surface area contributed by atoms with Gasteiger partial charge in [-0.25, -0.2) is 0 Å². The van der Waals surface area contributed by atoms with Crippen LogP contribution in [0.25, 0.3) is 6.08 Å². The van der Waals surface area contributed by atoms with E-state index >= 15 is 0 Å². The molecular formula is C22H25NO3. The Balaban J connectivity index is 1.68. The zero-order valence-electron chi connectivity index (χ0n) is 15.3.